The Bertz CT molecular complexity index is 669. The molecule has 1 aliphatic rings. The molecule has 0 spiro atoms. The van der Waals surface area contributed by atoms with Crippen LogP contribution < -0.4 is 5.73 Å². The van der Waals surface area contributed by atoms with E-state index >= 15 is 0 Å². The van der Waals surface area contributed by atoms with E-state index in [1.807, 2.05) is 0 Å². The smallest absolute Gasteiger partial charge is 0.243 e. The highest BCUT2D eigenvalue weighted by Crippen LogP contribution is 2.24. The maximum atomic E-state index is 12.5. The fraction of sp³-hybridized carbons (Fsp3) is 0.429. The number of carbonyl (C=O) groups is 2. The van der Waals surface area contributed by atoms with Gasteiger partial charge in [0.1, 0.15) is 0 Å². The van der Waals surface area contributed by atoms with Crippen molar-refractivity contribution in [2.24, 2.45) is 11.7 Å². The van der Waals surface area contributed by atoms with Gasteiger partial charge in [0.15, 0.2) is 5.78 Å². The van der Waals surface area contributed by atoms with Crippen LogP contribution in [0.2, 0.25) is 0 Å². The van der Waals surface area contributed by atoms with Crippen molar-refractivity contribution in [2.45, 2.75) is 24.7 Å². The summed E-state index contributed by atoms with van der Waals surface area (Å²) in [6, 6.07) is 6.00. The van der Waals surface area contributed by atoms with Crippen LogP contribution >= 0.6 is 0 Å². The summed E-state index contributed by atoms with van der Waals surface area (Å²) in [5, 5.41) is 0. The molecule has 114 valence electrons. The van der Waals surface area contributed by atoms with Crippen LogP contribution in [0, 0.1) is 5.92 Å². The largest absolute Gasteiger partial charge is 0.369 e. The number of sulfonamides is 1. The topological polar surface area (TPSA) is 97.5 Å². The maximum absolute atomic E-state index is 12.5. The molecule has 1 saturated heterocycles. The van der Waals surface area contributed by atoms with Crippen LogP contribution in [0.25, 0.3) is 0 Å². The van der Waals surface area contributed by atoms with Crippen LogP contribution in [0.1, 0.15) is 30.1 Å². The quantitative estimate of drug-likeness (QED) is 0.812. The zero-order chi connectivity index (χ0) is 15.6. The first-order chi connectivity index (χ1) is 9.86. The van der Waals surface area contributed by atoms with Gasteiger partial charge >= 0.3 is 0 Å². The summed E-state index contributed by atoms with van der Waals surface area (Å²) in [5.41, 5.74) is 5.60. The Kier molecular flexibility index (Phi) is 4.43. The molecule has 0 aliphatic carbocycles. The molecular weight excluding hydrogens is 292 g/mol. The predicted octanol–water partition coefficient (Wildman–Crippen LogP) is 0.775. The second-order valence-electron chi connectivity index (χ2n) is 5.06. The van der Waals surface area contributed by atoms with Gasteiger partial charge in [-0.15, -0.1) is 0 Å². The number of ketones is 1. The van der Waals surface area contributed by atoms with Gasteiger partial charge in [0.2, 0.25) is 15.9 Å². The van der Waals surface area contributed by atoms with E-state index in [1.54, 1.807) is 19.1 Å². The highest BCUT2D eigenvalue weighted by Gasteiger charge is 2.35. The van der Waals surface area contributed by atoms with Crippen LogP contribution in [0.15, 0.2) is 29.2 Å². The van der Waals surface area contributed by atoms with Gasteiger partial charge in [-0.25, -0.2) is 8.42 Å². The summed E-state index contributed by atoms with van der Waals surface area (Å²) in [7, 11) is -3.70. The van der Waals surface area contributed by atoms with Crippen molar-refractivity contribution >= 4 is 21.7 Å². The van der Waals surface area contributed by atoms with Gasteiger partial charge in [-0.3, -0.25) is 9.59 Å². The molecule has 1 fully saturated rings. The van der Waals surface area contributed by atoms with Gasteiger partial charge in [-0.05, 0) is 18.6 Å². The lowest BCUT2D eigenvalue weighted by molar-refractivity contribution is -0.121. The van der Waals surface area contributed by atoms with E-state index in [2.05, 4.69) is 0 Å². The van der Waals surface area contributed by atoms with Gasteiger partial charge in [-0.2, -0.15) is 4.31 Å². The standard InChI is InChI=1S/C14H18N2O4S/c1-2-13(17)10-4-3-5-12(8-10)21(19,20)16-7-6-11(9-16)14(15)18/h3-5,8,11H,2,6-7,9H2,1H3,(H2,15,18). The Morgan fingerprint density at radius 2 is 2.10 bits per heavy atom. The number of rotatable bonds is 5. The average molecular weight is 310 g/mol. The number of nitrogens with two attached hydrogens (primary N) is 1. The number of hydrogen-bond donors (Lipinski definition) is 1. The minimum Gasteiger partial charge on any atom is -0.369 e. The lowest BCUT2D eigenvalue weighted by atomic mass is 10.1. The summed E-state index contributed by atoms with van der Waals surface area (Å²) < 4.78 is 26.3. The van der Waals surface area contributed by atoms with Gasteiger partial charge in [0.05, 0.1) is 10.8 Å². The Balaban J connectivity index is 2.28. The van der Waals surface area contributed by atoms with E-state index in [9.17, 15) is 18.0 Å². The fourth-order valence-electron chi connectivity index (χ4n) is 2.36. The lowest BCUT2D eigenvalue weighted by Crippen LogP contribution is -2.31. The van der Waals surface area contributed by atoms with Gasteiger partial charge in [0, 0.05) is 25.1 Å². The minimum absolute atomic E-state index is 0.0759. The molecule has 2 N–H and O–H groups in total. The summed E-state index contributed by atoms with van der Waals surface area (Å²) >= 11 is 0. The predicted molar refractivity (Wildman–Crippen MR) is 77.1 cm³/mol. The summed E-state index contributed by atoms with van der Waals surface area (Å²) in [6.07, 6.45) is 0.749. The third-order valence-corrected chi connectivity index (χ3v) is 5.53. The SMILES string of the molecule is CCC(=O)c1cccc(S(=O)(=O)N2CCC(C(N)=O)C2)c1. The van der Waals surface area contributed by atoms with E-state index < -0.39 is 21.8 Å². The second-order valence-corrected chi connectivity index (χ2v) is 6.99. The molecule has 1 aromatic rings. The molecule has 1 heterocycles. The van der Waals surface area contributed by atoms with E-state index in [-0.39, 0.29) is 23.8 Å². The number of primary amides is 1. The fourth-order valence-corrected chi connectivity index (χ4v) is 3.91. The molecule has 21 heavy (non-hydrogen) atoms. The van der Waals surface area contributed by atoms with Crippen molar-refractivity contribution in [3.63, 3.8) is 0 Å². The highest BCUT2D eigenvalue weighted by molar-refractivity contribution is 7.89. The molecule has 0 bridgehead atoms. The van der Waals surface area contributed by atoms with Crippen molar-refractivity contribution in [2.75, 3.05) is 13.1 Å². The Hall–Kier alpha value is -1.73. The third kappa shape index (κ3) is 3.14. The maximum Gasteiger partial charge on any atom is 0.243 e. The van der Waals surface area contributed by atoms with Crippen LogP contribution in [0.3, 0.4) is 0 Å². The molecule has 0 saturated carbocycles. The molecule has 6 nitrogen and oxygen atoms in total. The summed E-state index contributed by atoms with van der Waals surface area (Å²) in [4.78, 5) is 22.9. The summed E-state index contributed by atoms with van der Waals surface area (Å²) in [6.45, 7) is 2.09. The van der Waals surface area contributed by atoms with Gasteiger partial charge in [-0.1, -0.05) is 19.1 Å². The number of amides is 1. The number of nitrogens with zero attached hydrogens (tertiary/aromatic N) is 1. The zero-order valence-corrected chi connectivity index (χ0v) is 12.6. The van der Waals surface area contributed by atoms with Gasteiger partial charge < -0.3 is 5.73 Å². The van der Waals surface area contributed by atoms with Crippen LogP contribution in [0.5, 0.6) is 0 Å². The van der Waals surface area contributed by atoms with Crippen molar-refractivity contribution in [3.05, 3.63) is 29.8 Å². The molecule has 2 rings (SSSR count). The molecule has 1 aromatic carbocycles. The zero-order valence-electron chi connectivity index (χ0n) is 11.8. The lowest BCUT2D eigenvalue weighted by Gasteiger charge is -2.16. The minimum atomic E-state index is -3.70. The Morgan fingerprint density at radius 3 is 2.67 bits per heavy atom. The molecular formula is C14H18N2O4S. The second kappa shape index (κ2) is 5.95. The Labute approximate surface area is 124 Å². The molecule has 1 aliphatic heterocycles. The monoisotopic (exact) mass is 310 g/mol. The van der Waals surface area contributed by atoms with Crippen LogP contribution in [-0.2, 0) is 14.8 Å². The average Bonchev–Trinajstić information content (AvgIpc) is 2.97. The van der Waals surface area contributed by atoms with Crippen LogP contribution in [0.4, 0.5) is 0 Å². The number of benzene rings is 1. The first-order valence-electron chi connectivity index (χ1n) is 6.79. The Morgan fingerprint density at radius 1 is 1.38 bits per heavy atom. The number of hydrogen-bond acceptors (Lipinski definition) is 4. The van der Waals surface area contributed by atoms with Crippen LogP contribution in [-0.4, -0.2) is 37.5 Å². The number of carbonyl (C=O) groups excluding carboxylic acids is 2. The van der Waals surface area contributed by atoms with Crippen molar-refractivity contribution in [1.29, 1.82) is 0 Å². The normalized spacial score (nSPS) is 19.6. The van der Waals surface area contributed by atoms with Crippen molar-refractivity contribution in [1.82, 2.24) is 4.31 Å². The first-order valence-corrected chi connectivity index (χ1v) is 8.23. The molecule has 1 amide bonds. The first kappa shape index (κ1) is 15.7. The highest BCUT2D eigenvalue weighted by atomic mass is 32.2. The molecule has 1 unspecified atom stereocenters. The van der Waals surface area contributed by atoms with Gasteiger partial charge in [0.25, 0.3) is 0 Å². The van der Waals surface area contributed by atoms with E-state index in [0.29, 0.717) is 18.4 Å². The molecule has 0 aromatic heterocycles. The third-order valence-electron chi connectivity index (χ3n) is 3.67. The summed E-state index contributed by atoms with van der Waals surface area (Å²) in [5.74, 6) is -1.04. The van der Waals surface area contributed by atoms with Crippen molar-refractivity contribution in [3.8, 4) is 0 Å². The molecule has 1 atom stereocenters. The van der Waals surface area contributed by atoms with E-state index in [1.165, 1.54) is 16.4 Å². The number of Topliss-reactive ketones (excluding diaryl/α,β-unsaturated/α-hetero) is 1. The molecule has 0 radical (unpaired) electrons. The van der Waals surface area contributed by atoms with Crippen molar-refractivity contribution < 1.29 is 18.0 Å². The van der Waals surface area contributed by atoms with E-state index in [0.717, 1.165) is 0 Å². The molecule has 7 heteroatoms. The van der Waals surface area contributed by atoms with E-state index in [4.69, 9.17) is 5.73 Å².